The van der Waals surface area contributed by atoms with Gasteiger partial charge in [0.2, 0.25) is 0 Å². The lowest BCUT2D eigenvalue weighted by atomic mass is 10.1. The molecule has 0 fully saturated rings. The molecule has 0 radical (unpaired) electrons. The van der Waals surface area contributed by atoms with E-state index in [1.54, 1.807) is 18.3 Å². The lowest BCUT2D eigenvalue weighted by Crippen LogP contribution is -2.28. The van der Waals surface area contributed by atoms with Gasteiger partial charge in [-0.05, 0) is 30.2 Å². The van der Waals surface area contributed by atoms with Crippen molar-refractivity contribution in [2.75, 3.05) is 11.9 Å². The first kappa shape index (κ1) is 18.2. The van der Waals surface area contributed by atoms with Crippen LogP contribution in [0.5, 0.6) is 5.75 Å². The third kappa shape index (κ3) is 4.12. The number of anilines is 1. The summed E-state index contributed by atoms with van der Waals surface area (Å²) in [6.45, 7) is 2.63. The Balaban J connectivity index is 2.05. The van der Waals surface area contributed by atoms with Gasteiger partial charge in [0.05, 0.1) is 5.56 Å². The zero-order valence-electron chi connectivity index (χ0n) is 14.5. The smallest absolute Gasteiger partial charge is 0.165 e. The van der Waals surface area contributed by atoms with Crippen LogP contribution in [0.1, 0.15) is 13.3 Å². The fraction of sp³-hybridized carbons (Fsp3) is 0.200. The Kier molecular flexibility index (Phi) is 5.71. The van der Waals surface area contributed by atoms with Gasteiger partial charge >= 0.3 is 0 Å². The highest BCUT2D eigenvalue weighted by molar-refractivity contribution is 6.30. The van der Waals surface area contributed by atoms with Gasteiger partial charge in [0.25, 0.3) is 0 Å². The SMILES string of the molecule is CCC(N)CNc1nc(-c2cc(Cl)ccc2O)ncc1-c1ccccc1. The highest BCUT2D eigenvalue weighted by Crippen LogP contribution is 2.32. The minimum atomic E-state index is 0.0246. The second-order valence-electron chi connectivity index (χ2n) is 6.03. The maximum Gasteiger partial charge on any atom is 0.165 e. The van der Waals surface area contributed by atoms with Gasteiger partial charge in [0.15, 0.2) is 5.82 Å². The van der Waals surface area contributed by atoms with Crippen LogP contribution >= 0.6 is 11.6 Å². The second-order valence-corrected chi connectivity index (χ2v) is 6.47. The van der Waals surface area contributed by atoms with E-state index in [1.165, 1.54) is 6.07 Å². The summed E-state index contributed by atoms with van der Waals surface area (Å²) in [5.41, 5.74) is 8.40. The van der Waals surface area contributed by atoms with E-state index in [9.17, 15) is 5.11 Å². The Morgan fingerprint density at radius 2 is 1.92 bits per heavy atom. The van der Waals surface area contributed by atoms with Gasteiger partial charge in [-0.1, -0.05) is 48.9 Å². The first-order chi connectivity index (χ1) is 12.6. The van der Waals surface area contributed by atoms with Crippen molar-refractivity contribution in [3.8, 4) is 28.3 Å². The number of hydrogen-bond donors (Lipinski definition) is 3. The van der Waals surface area contributed by atoms with Gasteiger partial charge in [-0.25, -0.2) is 9.97 Å². The first-order valence-electron chi connectivity index (χ1n) is 8.49. The van der Waals surface area contributed by atoms with Crippen LogP contribution in [0.2, 0.25) is 5.02 Å². The molecule has 1 aromatic heterocycles. The first-order valence-corrected chi connectivity index (χ1v) is 8.87. The van der Waals surface area contributed by atoms with Crippen LogP contribution in [-0.2, 0) is 0 Å². The summed E-state index contributed by atoms with van der Waals surface area (Å²) < 4.78 is 0. The van der Waals surface area contributed by atoms with Crippen molar-refractivity contribution in [1.82, 2.24) is 9.97 Å². The third-order valence-corrected chi connectivity index (χ3v) is 4.36. The quantitative estimate of drug-likeness (QED) is 0.603. The summed E-state index contributed by atoms with van der Waals surface area (Å²) in [4.78, 5) is 9.07. The minimum Gasteiger partial charge on any atom is -0.507 e. The Hall–Kier alpha value is -2.63. The van der Waals surface area contributed by atoms with Crippen LogP contribution in [0.15, 0.2) is 54.7 Å². The number of aromatic hydroxyl groups is 1. The van der Waals surface area contributed by atoms with Crippen LogP contribution in [0.4, 0.5) is 5.82 Å². The van der Waals surface area contributed by atoms with Crippen molar-refractivity contribution in [1.29, 1.82) is 0 Å². The van der Waals surface area contributed by atoms with Gasteiger partial charge in [-0.2, -0.15) is 0 Å². The molecule has 26 heavy (non-hydrogen) atoms. The molecule has 1 heterocycles. The fourth-order valence-corrected chi connectivity index (χ4v) is 2.71. The predicted molar refractivity (Wildman–Crippen MR) is 106 cm³/mol. The van der Waals surface area contributed by atoms with Gasteiger partial charge < -0.3 is 16.2 Å². The van der Waals surface area contributed by atoms with E-state index >= 15 is 0 Å². The number of aromatic nitrogens is 2. The van der Waals surface area contributed by atoms with Gasteiger partial charge in [-0.3, -0.25) is 0 Å². The van der Waals surface area contributed by atoms with E-state index in [0.717, 1.165) is 17.5 Å². The molecule has 1 atom stereocenters. The largest absolute Gasteiger partial charge is 0.507 e. The van der Waals surface area contributed by atoms with Gasteiger partial charge in [-0.15, -0.1) is 0 Å². The summed E-state index contributed by atoms with van der Waals surface area (Å²) in [6.07, 6.45) is 2.61. The Bertz CT molecular complexity index is 886. The van der Waals surface area contributed by atoms with Crippen molar-refractivity contribution in [2.45, 2.75) is 19.4 Å². The van der Waals surface area contributed by atoms with E-state index in [-0.39, 0.29) is 11.8 Å². The van der Waals surface area contributed by atoms with Crippen molar-refractivity contribution >= 4 is 17.4 Å². The molecule has 0 aliphatic carbocycles. The maximum absolute atomic E-state index is 10.1. The summed E-state index contributed by atoms with van der Waals surface area (Å²) in [6, 6.07) is 14.7. The number of benzene rings is 2. The highest BCUT2D eigenvalue weighted by Gasteiger charge is 2.14. The molecule has 2 aromatic carbocycles. The van der Waals surface area contributed by atoms with E-state index in [2.05, 4.69) is 15.3 Å². The van der Waals surface area contributed by atoms with Crippen LogP contribution in [0.3, 0.4) is 0 Å². The molecule has 1 unspecified atom stereocenters. The number of nitrogens with one attached hydrogen (secondary N) is 1. The molecule has 0 spiro atoms. The second kappa shape index (κ2) is 8.17. The molecule has 134 valence electrons. The van der Waals surface area contributed by atoms with Crippen molar-refractivity contribution in [3.05, 3.63) is 59.8 Å². The average molecular weight is 369 g/mol. The van der Waals surface area contributed by atoms with Crippen molar-refractivity contribution in [2.24, 2.45) is 5.73 Å². The number of rotatable bonds is 6. The number of phenols is 1. The molecule has 0 amide bonds. The van der Waals surface area contributed by atoms with Gasteiger partial charge in [0.1, 0.15) is 11.6 Å². The molecule has 0 saturated heterocycles. The molecule has 6 heteroatoms. The highest BCUT2D eigenvalue weighted by atomic mass is 35.5. The summed E-state index contributed by atoms with van der Waals surface area (Å²) in [7, 11) is 0. The Morgan fingerprint density at radius 3 is 2.65 bits per heavy atom. The van der Waals surface area contributed by atoms with E-state index in [0.29, 0.717) is 28.8 Å². The minimum absolute atomic E-state index is 0.0246. The molecule has 3 rings (SSSR count). The van der Waals surface area contributed by atoms with Crippen LogP contribution in [0, 0.1) is 0 Å². The molecule has 4 N–H and O–H groups in total. The summed E-state index contributed by atoms with van der Waals surface area (Å²) >= 11 is 6.06. The van der Waals surface area contributed by atoms with E-state index < -0.39 is 0 Å². The Labute approximate surface area is 157 Å². The van der Waals surface area contributed by atoms with E-state index in [1.807, 2.05) is 37.3 Å². The normalized spacial score (nSPS) is 12.0. The van der Waals surface area contributed by atoms with Crippen molar-refractivity contribution in [3.63, 3.8) is 0 Å². The maximum atomic E-state index is 10.1. The van der Waals surface area contributed by atoms with Crippen LogP contribution in [-0.4, -0.2) is 27.7 Å². The van der Waals surface area contributed by atoms with Crippen LogP contribution < -0.4 is 11.1 Å². The lowest BCUT2D eigenvalue weighted by molar-refractivity contribution is 0.477. The topological polar surface area (TPSA) is 84.1 Å². The van der Waals surface area contributed by atoms with Crippen molar-refractivity contribution < 1.29 is 5.11 Å². The summed E-state index contributed by atoms with van der Waals surface area (Å²) in [5, 5.41) is 14.0. The molecule has 5 nitrogen and oxygen atoms in total. The number of hydrogen-bond acceptors (Lipinski definition) is 5. The number of phenolic OH excluding ortho intramolecular Hbond substituents is 1. The number of nitrogens with two attached hydrogens (primary N) is 1. The number of halogens is 1. The lowest BCUT2D eigenvalue weighted by Gasteiger charge is -2.15. The third-order valence-electron chi connectivity index (χ3n) is 4.13. The van der Waals surface area contributed by atoms with E-state index in [4.69, 9.17) is 17.3 Å². The van der Waals surface area contributed by atoms with Gasteiger partial charge in [0, 0.05) is 29.4 Å². The Morgan fingerprint density at radius 1 is 1.15 bits per heavy atom. The zero-order valence-corrected chi connectivity index (χ0v) is 15.2. The molecular weight excluding hydrogens is 348 g/mol. The molecule has 0 aliphatic heterocycles. The standard InChI is InChI=1S/C20H21ClN4O/c1-2-15(22)11-23-20-17(13-6-4-3-5-7-13)12-24-19(25-20)16-10-14(21)8-9-18(16)26/h3-10,12,15,26H,2,11,22H2,1H3,(H,23,24,25). The fourth-order valence-electron chi connectivity index (χ4n) is 2.53. The number of nitrogens with zero attached hydrogens (tertiary/aromatic N) is 2. The van der Waals surface area contributed by atoms with Crippen LogP contribution in [0.25, 0.3) is 22.5 Å². The summed E-state index contributed by atoms with van der Waals surface area (Å²) in [5.74, 6) is 1.15. The molecule has 0 bridgehead atoms. The zero-order chi connectivity index (χ0) is 18.5. The molecule has 3 aromatic rings. The molecule has 0 saturated carbocycles. The monoisotopic (exact) mass is 368 g/mol. The molecule has 0 aliphatic rings. The molecular formula is C20H21ClN4O. The average Bonchev–Trinajstić information content (AvgIpc) is 2.68. The predicted octanol–water partition coefficient (Wildman–Crippen LogP) is 4.32.